The molecule has 6 heteroatoms. The van der Waals surface area contributed by atoms with Crippen molar-refractivity contribution < 1.29 is 14.3 Å². The lowest BCUT2D eigenvalue weighted by Gasteiger charge is -2.23. The summed E-state index contributed by atoms with van der Waals surface area (Å²) >= 11 is 1.64. The molecule has 1 amide bonds. The first-order chi connectivity index (χ1) is 11.7. The summed E-state index contributed by atoms with van der Waals surface area (Å²) in [6.07, 6.45) is 0.797. The van der Waals surface area contributed by atoms with Crippen LogP contribution in [0.25, 0.3) is 11.3 Å². The number of nitrogens with zero attached hydrogens (tertiary/aromatic N) is 2. The third-order valence-corrected chi connectivity index (χ3v) is 4.45. The van der Waals surface area contributed by atoms with Crippen molar-refractivity contribution in [3.05, 3.63) is 40.2 Å². The molecule has 0 unspecified atom stereocenters. The van der Waals surface area contributed by atoms with Gasteiger partial charge in [0, 0.05) is 44.9 Å². The van der Waals surface area contributed by atoms with E-state index in [-0.39, 0.29) is 5.91 Å². The van der Waals surface area contributed by atoms with Crippen molar-refractivity contribution in [2.75, 3.05) is 40.5 Å². The monoisotopic (exact) mass is 348 g/mol. The number of hydrogen-bond donors (Lipinski definition) is 0. The van der Waals surface area contributed by atoms with Crippen molar-refractivity contribution in [2.45, 2.75) is 13.3 Å². The van der Waals surface area contributed by atoms with Crippen LogP contribution in [0.2, 0.25) is 0 Å². The zero-order valence-electron chi connectivity index (χ0n) is 14.4. The molecular formula is C18H24N2O3S. The van der Waals surface area contributed by atoms with Crippen LogP contribution in [0.15, 0.2) is 29.0 Å². The SMILES string of the molecule is COCCCN(CCOC)C(=O)c1ccc(-c2ccsc2)nc1C. The van der Waals surface area contributed by atoms with Crippen LogP contribution in [-0.4, -0.2) is 56.3 Å². The summed E-state index contributed by atoms with van der Waals surface area (Å²) in [7, 11) is 3.30. The van der Waals surface area contributed by atoms with Gasteiger partial charge in [0.05, 0.1) is 23.6 Å². The Morgan fingerprint density at radius 3 is 2.58 bits per heavy atom. The molecule has 0 aliphatic heterocycles. The first-order valence-corrected chi connectivity index (χ1v) is 8.89. The summed E-state index contributed by atoms with van der Waals surface area (Å²) in [5, 5.41) is 4.08. The first kappa shape index (κ1) is 18.6. The molecule has 0 fully saturated rings. The number of carbonyl (C=O) groups excluding carboxylic acids is 1. The molecule has 0 saturated heterocycles. The summed E-state index contributed by atoms with van der Waals surface area (Å²) < 4.78 is 10.2. The lowest BCUT2D eigenvalue weighted by atomic mass is 10.1. The number of amides is 1. The minimum atomic E-state index is -0.00924. The molecule has 5 nitrogen and oxygen atoms in total. The van der Waals surface area contributed by atoms with E-state index < -0.39 is 0 Å². The highest BCUT2D eigenvalue weighted by Crippen LogP contribution is 2.22. The quantitative estimate of drug-likeness (QED) is 0.653. The molecule has 0 aromatic carbocycles. The highest BCUT2D eigenvalue weighted by atomic mass is 32.1. The van der Waals surface area contributed by atoms with Gasteiger partial charge in [-0.1, -0.05) is 0 Å². The standard InChI is InChI=1S/C18H24N2O3S/c1-14-16(5-6-17(19-14)15-7-12-24-13-15)18(21)20(9-11-23-3)8-4-10-22-2/h5-7,12-13H,4,8-11H2,1-3H3. The third kappa shape index (κ3) is 4.87. The van der Waals surface area contributed by atoms with Crippen molar-refractivity contribution in [1.29, 1.82) is 0 Å². The maximum atomic E-state index is 12.9. The van der Waals surface area contributed by atoms with Gasteiger partial charge in [-0.05, 0) is 36.9 Å². The molecule has 2 aromatic rings. The molecule has 0 N–H and O–H groups in total. The maximum absolute atomic E-state index is 12.9. The Balaban J connectivity index is 2.15. The van der Waals surface area contributed by atoms with E-state index in [1.54, 1.807) is 30.5 Å². The van der Waals surface area contributed by atoms with E-state index in [9.17, 15) is 4.79 Å². The number of aromatic nitrogens is 1. The first-order valence-electron chi connectivity index (χ1n) is 7.94. The predicted molar refractivity (Wildman–Crippen MR) is 96.6 cm³/mol. The Labute approximate surface area is 147 Å². The van der Waals surface area contributed by atoms with E-state index in [0.29, 0.717) is 31.9 Å². The molecule has 0 spiro atoms. The Hall–Kier alpha value is -1.76. The van der Waals surface area contributed by atoms with Gasteiger partial charge >= 0.3 is 0 Å². The maximum Gasteiger partial charge on any atom is 0.255 e. The van der Waals surface area contributed by atoms with Crippen LogP contribution < -0.4 is 0 Å². The smallest absolute Gasteiger partial charge is 0.255 e. The van der Waals surface area contributed by atoms with E-state index in [0.717, 1.165) is 23.4 Å². The highest BCUT2D eigenvalue weighted by molar-refractivity contribution is 7.08. The molecule has 0 aliphatic carbocycles. The lowest BCUT2D eigenvalue weighted by Crippen LogP contribution is -2.35. The van der Waals surface area contributed by atoms with Crippen molar-refractivity contribution in [2.24, 2.45) is 0 Å². The predicted octanol–water partition coefficient (Wildman–Crippen LogP) is 3.24. The Kier molecular flexibility index (Phi) is 7.36. The topological polar surface area (TPSA) is 51.7 Å². The van der Waals surface area contributed by atoms with Crippen molar-refractivity contribution in [3.63, 3.8) is 0 Å². The molecule has 2 aromatic heterocycles. The van der Waals surface area contributed by atoms with E-state index in [1.165, 1.54) is 0 Å². The number of methoxy groups -OCH3 is 2. The number of aryl methyl sites for hydroxylation is 1. The van der Waals surface area contributed by atoms with Gasteiger partial charge in [0.2, 0.25) is 0 Å². The largest absolute Gasteiger partial charge is 0.385 e. The third-order valence-electron chi connectivity index (χ3n) is 3.76. The summed E-state index contributed by atoms with van der Waals surface area (Å²) in [5.74, 6) is -0.00924. The summed E-state index contributed by atoms with van der Waals surface area (Å²) in [4.78, 5) is 19.3. The number of rotatable bonds is 9. The van der Waals surface area contributed by atoms with Crippen LogP contribution in [0.3, 0.4) is 0 Å². The Bertz CT molecular complexity index is 644. The van der Waals surface area contributed by atoms with Crippen molar-refractivity contribution >= 4 is 17.2 Å². The van der Waals surface area contributed by atoms with E-state index in [4.69, 9.17) is 9.47 Å². The van der Waals surface area contributed by atoms with Gasteiger partial charge in [0.25, 0.3) is 5.91 Å². The lowest BCUT2D eigenvalue weighted by molar-refractivity contribution is 0.0673. The molecule has 0 saturated carbocycles. The molecule has 130 valence electrons. The van der Waals surface area contributed by atoms with Crippen LogP contribution in [0, 0.1) is 6.92 Å². The van der Waals surface area contributed by atoms with Gasteiger partial charge in [0.1, 0.15) is 0 Å². The number of hydrogen-bond acceptors (Lipinski definition) is 5. The second-order valence-electron chi connectivity index (χ2n) is 5.47. The molecule has 0 atom stereocenters. The van der Waals surface area contributed by atoms with Gasteiger partial charge in [0.15, 0.2) is 0 Å². The molecule has 2 rings (SSSR count). The van der Waals surface area contributed by atoms with Gasteiger partial charge in [-0.15, -0.1) is 0 Å². The van der Waals surface area contributed by atoms with Gasteiger partial charge in [-0.2, -0.15) is 11.3 Å². The van der Waals surface area contributed by atoms with Crippen LogP contribution in [0.4, 0.5) is 0 Å². The highest BCUT2D eigenvalue weighted by Gasteiger charge is 2.18. The minimum Gasteiger partial charge on any atom is -0.385 e. The second-order valence-corrected chi connectivity index (χ2v) is 6.25. The van der Waals surface area contributed by atoms with E-state index in [1.807, 2.05) is 30.5 Å². The molecule has 0 bridgehead atoms. The van der Waals surface area contributed by atoms with Crippen LogP contribution in [0.5, 0.6) is 0 Å². The number of thiophene rings is 1. The number of carbonyl (C=O) groups is 1. The fourth-order valence-corrected chi connectivity index (χ4v) is 3.09. The molecule has 2 heterocycles. The van der Waals surface area contributed by atoms with Crippen molar-refractivity contribution in [1.82, 2.24) is 9.88 Å². The molecular weight excluding hydrogens is 324 g/mol. The summed E-state index contributed by atoms with van der Waals surface area (Å²) in [6, 6.07) is 5.81. The summed E-state index contributed by atoms with van der Waals surface area (Å²) in [5.41, 5.74) is 3.37. The van der Waals surface area contributed by atoms with E-state index in [2.05, 4.69) is 10.4 Å². The Morgan fingerprint density at radius 2 is 1.96 bits per heavy atom. The number of pyridine rings is 1. The zero-order chi connectivity index (χ0) is 17.4. The van der Waals surface area contributed by atoms with Crippen molar-refractivity contribution in [3.8, 4) is 11.3 Å². The number of ether oxygens (including phenoxy) is 2. The molecule has 0 radical (unpaired) electrons. The average molecular weight is 348 g/mol. The van der Waals surface area contributed by atoms with Crippen LogP contribution >= 0.6 is 11.3 Å². The van der Waals surface area contributed by atoms with Gasteiger partial charge < -0.3 is 14.4 Å². The minimum absolute atomic E-state index is 0.00924. The normalized spacial score (nSPS) is 10.8. The van der Waals surface area contributed by atoms with Gasteiger partial charge in [-0.3, -0.25) is 9.78 Å². The molecule has 0 aliphatic rings. The molecule has 24 heavy (non-hydrogen) atoms. The van der Waals surface area contributed by atoms with Crippen LogP contribution in [0.1, 0.15) is 22.5 Å². The zero-order valence-corrected chi connectivity index (χ0v) is 15.3. The fraction of sp³-hybridized carbons (Fsp3) is 0.444. The average Bonchev–Trinajstić information content (AvgIpc) is 3.12. The second kappa shape index (κ2) is 9.52. The van der Waals surface area contributed by atoms with Crippen LogP contribution in [-0.2, 0) is 9.47 Å². The van der Waals surface area contributed by atoms with Gasteiger partial charge in [-0.25, -0.2) is 0 Å². The summed E-state index contributed by atoms with van der Waals surface area (Å²) in [6.45, 7) is 4.22. The van der Waals surface area contributed by atoms with E-state index >= 15 is 0 Å². The fourth-order valence-electron chi connectivity index (χ4n) is 2.44. The Morgan fingerprint density at radius 1 is 1.17 bits per heavy atom.